The molecule has 2 aromatic rings. The molecule has 1 aliphatic rings. The van der Waals surface area contributed by atoms with Crippen LogP contribution in [0.25, 0.3) is 0 Å². The summed E-state index contributed by atoms with van der Waals surface area (Å²) in [6, 6.07) is 5.84. The Bertz CT molecular complexity index is 991. The van der Waals surface area contributed by atoms with E-state index in [0.29, 0.717) is 12.8 Å². The number of aromatic nitrogens is 1. The Kier molecular flexibility index (Phi) is 6.79. The van der Waals surface area contributed by atoms with Gasteiger partial charge in [0.2, 0.25) is 0 Å². The van der Waals surface area contributed by atoms with Gasteiger partial charge in [0.1, 0.15) is 11.1 Å². The Morgan fingerprint density at radius 3 is 2.43 bits per heavy atom. The van der Waals surface area contributed by atoms with E-state index in [1.54, 1.807) is 12.1 Å². The molecule has 5 nitrogen and oxygen atoms in total. The quantitative estimate of drug-likeness (QED) is 0.679. The summed E-state index contributed by atoms with van der Waals surface area (Å²) in [5.41, 5.74) is 0.656. The van der Waals surface area contributed by atoms with Gasteiger partial charge in [-0.2, -0.15) is 13.2 Å². The molecule has 30 heavy (non-hydrogen) atoms. The molecule has 0 saturated carbocycles. The third-order valence-corrected chi connectivity index (χ3v) is 5.82. The average Bonchev–Trinajstić information content (AvgIpc) is 3.15. The average molecular weight is 463 g/mol. The van der Waals surface area contributed by atoms with Gasteiger partial charge in [-0.05, 0) is 49.6 Å². The summed E-state index contributed by atoms with van der Waals surface area (Å²) in [7, 11) is 0. The molecule has 1 aliphatic heterocycles. The van der Waals surface area contributed by atoms with E-state index in [1.165, 1.54) is 27.7 Å². The Morgan fingerprint density at radius 1 is 1.17 bits per heavy atom. The van der Waals surface area contributed by atoms with Gasteiger partial charge in [-0.3, -0.25) is 9.69 Å². The first kappa shape index (κ1) is 22.7. The highest BCUT2D eigenvalue weighted by molar-refractivity contribution is 6.34. The van der Waals surface area contributed by atoms with Crippen molar-refractivity contribution >= 4 is 29.2 Å². The van der Waals surface area contributed by atoms with Gasteiger partial charge >= 0.3 is 12.1 Å². The number of likely N-dealkylation sites (tertiary alicyclic amines) is 1. The Labute approximate surface area is 180 Å². The maximum atomic E-state index is 13.3. The molecule has 1 saturated heterocycles. The highest BCUT2D eigenvalue weighted by atomic mass is 35.5. The normalized spacial score (nSPS) is 17.4. The van der Waals surface area contributed by atoms with Crippen LogP contribution in [0.4, 0.5) is 13.2 Å². The van der Waals surface area contributed by atoms with E-state index in [1.807, 2.05) is 0 Å². The van der Waals surface area contributed by atoms with Crippen LogP contribution in [0, 0.1) is 0 Å². The van der Waals surface area contributed by atoms with E-state index in [9.17, 15) is 22.8 Å². The molecular formula is C20H19Cl2F3N2O3. The van der Waals surface area contributed by atoms with Crippen LogP contribution in [0.1, 0.15) is 34.5 Å². The largest absolute Gasteiger partial charge is 0.478 e. The molecule has 1 unspecified atom stereocenters. The molecule has 0 amide bonds. The number of hydrogen-bond donors (Lipinski definition) is 1. The molecule has 0 aliphatic carbocycles. The molecule has 1 atom stereocenters. The van der Waals surface area contributed by atoms with Crippen molar-refractivity contribution in [3.63, 3.8) is 0 Å². The third kappa shape index (κ3) is 4.99. The number of nitrogens with zero attached hydrogens (tertiary/aromatic N) is 2. The molecule has 1 aromatic carbocycles. The third-order valence-electron chi connectivity index (χ3n) is 5.22. The molecule has 1 fully saturated rings. The molecule has 0 radical (unpaired) electrons. The SMILES string of the molecule is O=C(O)c1ccc(CCn2c(CN3CCCC3C(F)(F)F)c(Cl)cc(Cl)c2=O)cc1. The van der Waals surface area contributed by atoms with Crippen molar-refractivity contribution in [3.05, 3.63) is 67.6 Å². The minimum atomic E-state index is -4.35. The Morgan fingerprint density at radius 2 is 1.83 bits per heavy atom. The van der Waals surface area contributed by atoms with Gasteiger partial charge in [0.25, 0.3) is 5.56 Å². The lowest BCUT2D eigenvalue weighted by Gasteiger charge is -2.28. The Hall–Kier alpha value is -2.03. The second-order valence-corrected chi connectivity index (χ2v) is 7.98. The van der Waals surface area contributed by atoms with E-state index in [0.717, 1.165) is 5.56 Å². The summed E-state index contributed by atoms with van der Waals surface area (Å²) in [6.07, 6.45) is -3.58. The molecule has 0 spiro atoms. The number of aromatic carboxylic acids is 1. The van der Waals surface area contributed by atoms with Crippen LogP contribution in [-0.4, -0.2) is 39.3 Å². The molecule has 1 N–H and O–H groups in total. The van der Waals surface area contributed by atoms with Gasteiger partial charge in [0.15, 0.2) is 0 Å². The van der Waals surface area contributed by atoms with Crippen molar-refractivity contribution in [2.45, 2.75) is 44.6 Å². The molecule has 2 heterocycles. The van der Waals surface area contributed by atoms with Crippen LogP contribution in [0.2, 0.25) is 10.0 Å². The van der Waals surface area contributed by atoms with E-state index in [-0.39, 0.29) is 47.4 Å². The number of carboxylic acids is 1. The fourth-order valence-electron chi connectivity index (χ4n) is 3.67. The van der Waals surface area contributed by atoms with Crippen molar-refractivity contribution < 1.29 is 23.1 Å². The van der Waals surface area contributed by atoms with Crippen LogP contribution >= 0.6 is 23.2 Å². The first-order valence-corrected chi connectivity index (χ1v) is 10.0. The standard InChI is InChI=1S/C20H19Cl2F3N2O3/c21-14-10-15(22)18(28)27(9-7-12-3-5-13(6-4-12)19(29)30)16(14)11-26-8-1-2-17(26)20(23,24)25/h3-6,10,17H,1-2,7-9,11H2,(H,29,30). The van der Waals surface area contributed by atoms with E-state index < -0.39 is 23.7 Å². The van der Waals surface area contributed by atoms with Crippen LogP contribution in [-0.2, 0) is 19.5 Å². The van der Waals surface area contributed by atoms with Crippen molar-refractivity contribution in [1.82, 2.24) is 9.47 Å². The number of pyridine rings is 1. The molecule has 162 valence electrons. The van der Waals surface area contributed by atoms with E-state index >= 15 is 0 Å². The van der Waals surface area contributed by atoms with Gasteiger partial charge in [0.05, 0.1) is 16.3 Å². The summed E-state index contributed by atoms with van der Waals surface area (Å²) in [6.45, 7) is 0.284. The van der Waals surface area contributed by atoms with Crippen molar-refractivity contribution in [3.8, 4) is 0 Å². The number of halogens is 5. The van der Waals surface area contributed by atoms with Crippen molar-refractivity contribution in [1.29, 1.82) is 0 Å². The van der Waals surface area contributed by atoms with Crippen LogP contribution < -0.4 is 5.56 Å². The van der Waals surface area contributed by atoms with E-state index in [2.05, 4.69) is 0 Å². The number of hydrogen-bond acceptors (Lipinski definition) is 3. The number of carbonyl (C=O) groups is 1. The highest BCUT2D eigenvalue weighted by Crippen LogP contribution is 2.34. The second kappa shape index (κ2) is 8.99. The van der Waals surface area contributed by atoms with Crippen LogP contribution in [0.5, 0.6) is 0 Å². The highest BCUT2D eigenvalue weighted by Gasteiger charge is 2.46. The topological polar surface area (TPSA) is 62.5 Å². The zero-order valence-electron chi connectivity index (χ0n) is 15.8. The van der Waals surface area contributed by atoms with E-state index in [4.69, 9.17) is 28.3 Å². The molecule has 10 heteroatoms. The van der Waals surface area contributed by atoms with Crippen LogP contribution in [0.15, 0.2) is 35.1 Å². The molecule has 1 aromatic heterocycles. The number of rotatable bonds is 6. The zero-order valence-corrected chi connectivity index (χ0v) is 17.3. The minimum absolute atomic E-state index is 0.00880. The fourth-order valence-corrected chi connectivity index (χ4v) is 4.21. The zero-order chi connectivity index (χ0) is 22.1. The number of benzene rings is 1. The summed E-state index contributed by atoms with van der Waals surface area (Å²) < 4.78 is 41.2. The number of alkyl halides is 3. The first-order valence-electron chi connectivity index (χ1n) is 9.28. The van der Waals surface area contributed by atoms with Gasteiger partial charge in [0, 0.05) is 13.1 Å². The molecule has 3 rings (SSSR count). The second-order valence-electron chi connectivity index (χ2n) is 7.17. The van der Waals surface area contributed by atoms with Gasteiger partial charge in [-0.1, -0.05) is 35.3 Å². The van der Waals surface area contributed by atoms with Crippen LogP contribution in [0.3, 0.4) is 0 Å². The predicted octanol–water partition coefficient (Wildman–Crippen LogP) is 4.62. The van der Waals surface area contributed by atoms with Gasteiger partial charge in [-0.25, -0.2) is 4.79 Å². The maximum Gasteiger partial charge on any atom is 0.404 e. The number of aryl methyl sites for hydroxylation is 1. The van der Waals surface area contributed by atoms with Gasteiger partial charge in [-0.15, -0.1) is 0 Å². The fraction of sp³-hybridized carbons (Fsp3) is 0.400. The van der Waals surface area contributed by atoms with Crippen molar-refractivity contribution in [2.24, 2.45) is 0 Å². The molecular weight excluding hydrogens is 444 g/mol. The Balaban J connectivity index is 1.86. The minimum Gasteiger partial charge on any atom is -0.478 e. The predicted molar refractivity (Wildman–Crippen MR) is 107 cm³/mol. The monoisotopic (exact) mass is 462 g/mol. The van der Waals surface area contributed by atoms with Crippen molar-refractivity contribution in [2.75, 3.05) is 6.54 Å². The lowest BCUT2D eigenvalue weighted by molar-refractivity contribution is -0.177. The smallest absolute Gasteiger partial charge is 0.404 e. The summed E-state index contributed by atoms with van der Waals surface area (Å²) in [5, 5.41) is 8.99. The molecule has 0 bridgehead atoms. The first-order chi connectivity index (χ1) is 14.1. The lowest BCUT2D eigenvalue weighted by atomic mass is 10.1. The number of carboxylic acid groups (broad SMARTS) is 1. The summed E-state index contributed by atoms with van der Waals surface area (Å²) >= 11 is 12.2. The summed E-state index contributed by atoms with van der Waals surface area (Å²) in [4.78, 5) is 24.9. The van der Waals surface area contributed by atoms with Gasteiger partial charge < -0.3 is 9.67 Å². The lowest BCUT2D eigenvalue weighted by Crippen LogP contribution is -2.42. The summed E-state index contributed by atoms with van der Waals surface area (Å²) in [5.74, 6) is -1.05. The maximum absolute atomic E-state index is 13.3.